The minimum Gasteiger partial charge on any atom is -0.508 e. The van der Waals surface area contributed by atoms with Crippen LogP contribution in [0.15, 0.2) is 200 Å². The molecule has 0 fully saturated rings. The Kier molecular flexibility index (Phi) is 47.8. The lowest BCUT2D eigenvalue weighted by atomic mass is 10.1. The number of nitro benzene ring substituents is 3. The largest absolute Gasteiger partial charge is 0.508 e. The summed E-state index contributed by atoms with van der Waals surface area (Å²) in [5.41, 5.74) is 15.6. The summed E-state index contributed by atoms with van der Waals surface area (Å²) < 4.78 is 30.6. The van der Waals surface area contributed by atoms with Gasteiger partial charge in [-0.3, -0.25) is 30.3 Å². The molecule has 124 heavy (non-hydrogen) atoms. The molecule has 9 rings (SSSR count). The molecule has 26 nitrogen and oxygen atoms in total. The van der Waals surface area contributed by atoms with E-state index in [1.807, 2.05) is 217 Å². The Morgan fingerprint density at radius 2 is 0.726 bits per heavy atom. The number of hydrogen-bond donors (Lipinski definition) is 11. The zero-order valence-corrected chi connectivity index (χ0v) is 76.4. The Balaban J connectivity index is 0.000000698. The molecule has 11 N–H and O–H groups in total. The van der Waals surface area contributed by atoms with Crippen LogP contribution in [-0.2, 0) is 0 Å². The minimum absolute atomic E-state index is 0.0182. The van der Waals surface area contributed by atoms with E-state index in [4.69, 9.17) is 33.5 Å². The Bertz CT molecular complexity index is 5320. The van der Waals surface area contributed by atoms with Crippen molar-refractivity contribution in [3.05, 3.63) is 281 Å². The summed E-state index contributed by atoms with van der Waals surface area (Å²) in [7, 11) is 7.55. The highest BCUT2D eigenvalue weighted by atomic mass is 79.9. The van der Waals surface area contributed by atoms with Crippen LogP contribution in [0.4, 0.5) is 17.1 Å². The molecule has 0 aromatic heterocycles. The van der Waals surface area contributed by atoms with Crippen LogP contribution in [0.25, 0.3) is 54.7 Å². The number of non-ortho nitro benzene ring substituents is 2. The molecule has 0 aliphatic rings. The van der Waals surface area contributed by atoms with Gasteiger partial charge in [-0.2, -0.15) is 0 Å². The zero-order valence-electron chi connectivity index (χ0n) is 74.8. The molecule has 27 heteroatoms. The van der Waals surface area contributed by atoms with Gasteiger partial charge in [-0.1, -0.05) is 145 Å². The standard InChI is InChI=1S/C12H16O2.C11H13NO4.4C11H14O2.C10H10BrNO3.C10H11NO3.C10H12O3/c1-4-14-12-8-10(7-9(2)3)5-6-11(12)13;1-7(2)4-8-5-9(12(14)15)6-10(16-3)11(8)13;1-8(2)6-9-4-5-10(13-3)7-11(9)12;1-8(2)6-9-4-5-11(13-3)10(12)7-9;1-8(2)6-9-4-5-10(12)11(7-9)13-3;1-8(2)7-9-5-4-6-10(13-3)11(9)12;1-6(2)3-7-4-8(11)5-9(10(7)13)12(14)15;1-7(2)5-8-6-9(11(13)14)3-4-10(8)12;1-6(2)3-8-9(12)4-7(11)5-10(8)13/h5-8,13H,4H2,1-3H3;4-6,13H,1-3H3;4*4-7,12H,1-3H3;3-5,13H,1-2H3;3-6,12H,1-2H3;3-5,11-13H,1-2H3. The molecular formula is C97H118BrN3O23. The monoisotopic (exact) mass is 1770 g/mol. The van der Waals surface area contributed by atoms with E-state index >= 15 is 0 Å². The molecule has 0 spiro atoms. The maximum atomic E-state index is 10.7. The van der Waals surface area contributed by atoms with Crippen molar-refractivity contribution in [2.24, 2.45) is 0 Å². The van der Waals surface area contributed by atoms with E-state index in [0.29, 0.717) is 62.1 Å². The van der Waals surface area contributed by atoms with Crippen molar-refractivity contribution >= 4 is 87.7 Å². The molecule has 0 atom stereocenters. The average molecular weight is 1770 g/mol. The number of benzene rings is 9. The number of phenols is 11. The second kappa shape index (κ2) is 55.0. The molecular weight excluding hydrogens is 1650 g/mol. The smallest absolute Gasteiger partial charge is 0.312 e. The maximum absolute atomic E-state index is 10.7. The molecule has 0 aliphatic carbocycles. The number of hydrogen-bond acceptors (Lipinski definition) is 23. The van der Waals surface area contributed by atoms with Gasteiger partial charge in [0.2, 0.25) is 5.75 Å². The third-order valence-electron chi connectivity index (χ3n) is 15.3. The van der Waals surface area contributed by atoms with Crippen LogP contribution in [0.5, 0.6) is 97.7 Å². The van der Waals surface area contributed by atoms with Crippen LogP contribution in [-0.4, -0.2) is 113 Å². The molecule has 666 valence electrons. The van der Waals surface area contributed by atoms with Crippen molar-refractivity contribution in [1.82, 2.24) is 0 Å². The van der Waals surface area contributed by atoms with Crippen molar-refractivity contribution in [3.63, 3.8) is 0 Å². The first-order valence-corrected chi connectivity index (χ1v) is 39.1. The topological polar surface area (TPSA) is 407 Å². The lowest BCUT2D eigenvalue weighted by Crippen LogP contribution is -1.92. The quantitative estimate of drug-likeness (QED) is 0.0264. The molecule has 0 unspecified atom stereocenters. The van der Waals surface area contributed by atoms with Crippen molar-refractivity contribution in [2.45, 2.75) is 132 Å². The molecule has 0 saturated heterocycles. The number of halogens is 1. The van der Waals surface area contributed by atoms with Crippen molar-refractivity contribution < 1.29 is 99.4 Å². The van der Waals surface area contributed by atoms with Gasteiger partial charge in [0.1, 0.15) is 34.5 Å². The second-order valence-corrected chi connectivity index (χ2v) is 30.1. The fourth-order valence-corrected chi connectivity index (χ4v) is 10.7. The fraction of sp³-hybridized carbons (Fsp3) is 0.258. The number of aromatic hydroxyl groups is 11. The number of nitro groups is 3. The molecule has 0 heterocycles. The molecule has 0 radical (unpaired) electrons. The van der Waals surface area contributed by atoms with Crippen molar-refractivity contribution in [1.29, 1.82) is 0 Å². The number of methoxy groups -OCH3 is 5. The third kappa shape index (κ3) is 40.8. The van der Waals surface area contributed by atoms with E-state index in [1.165, 1.54) is 79.5 Å². The molecule has 0 bridgehead atoms. The van der Waals surface area contributed by atoms with Gasteiger partial charge < -0.3 is 84.6 Å². The van der Waals surface area contributed by atoms with Gasteiger partial charge in [0.05, 0.1) is 68.6 Å². The van der Waals surface area contributed by atoms with E-state index in [2.05, 4.69) is 15.9 Å². The predicted molar refractivity (Wildman–Crippen MR) is 502 cm³/mol. The number of allylic oxidation sites excluding steroid dienone is 9. The zero-order chi connectivity index (χ0) is 94.5. The first-order valence-electron chi connectivity index (χ1n) is 38.3. The molecule has 0 aliphatic heterocycles. The first-order chi connectivity index (χ1) is 58.0. The number of para-hydroxylation sites is 1. The fourth-order valence-electron chi connectivity index (χ4n) is 10.3. The summed E-state index contributed by atoms with van der Waals surface area (Å²) in [5, 5.41) is 136. The lowest BCUT2D eigenvalue weighted by Gasteiger charge is -2.06. The summed E-state index contributed by atoms with van der Waals surface area (Å²) in [6, 6.07) is 38.4. The van der Waals surface area contributed by atoms with Crippen LogP contribution in [0, 0.1) is 30.3 Å². The molecule has 9 aromatic carbocycles. The number of ether oxygens (including phenoxy) is 6. The summed E-state index contributed by atoms with van der Waals surface area (Å²) in [6.45, 7) is 37.4. The van der Waals surface area contributed by atoms with Crippen LogP contribution in [0.2, 0.25) is 0 Å². The third-order valence-corrected chi connectivity index (χ3v) is 15.8. The molecule has 0 amide bonds. The van der Waals surface area contributed by atoms with E-state index in [-0.39, 0.29) is 86.1 Å². The lowest BCUT2D eigenvalue weighted by molar-refractivity contribution is -0.386. The van der Waals surface area contributed by atoms with Gasteiger partial charge >= 0.3 is 5.69 Å². The minimum atomic E-state index is -0.609. The van der Waals surface area contributed by atoms with Crippen LogP contribution in [0.1, 0.15) is 182 Å². The van der Waals surface area contributed by atoms with E-state index in [9.17, 15) is 81.4 Å². The normalized spacial score (nSPS) is 9.59. The number of rotatable bonds is 19. The average Bonchev–Trinajstić information content (AvgIpc) is 0.828. The number of nitrogens with zero attached hydrogens (tertiary/aromatic N) is 3. The SMILES string of the molecule is CC(C)=Cc1c(O)cc(O)cc1O.CC(C)=Cc1cc(Br)cc([N+](=O)[O-])c1O.CC(C)=Cc1cc([N+](=O)[O-])ccc1O.CCOc1cc(C=C(C)C)ccc1O.COc1cc(C=C(C)C)ccc1O.COc1cc([N+](=O)[O-])cc(C=C(C)C)c1O.COc1ccc(C=C(C)C)c(O)c1.COc1ccc(C=C(C)C)cc1O.COc1cccc(C=C(C)C)c1O. The van der Waals surface area contributed by atoms with Gasteiger partial charge in [-0.05, 0) is 221 Å². The molecule has 0 saturated carbocycles. The Morgan fingerprint density at radius 3 is 1.16 bits per heavy atom. The highest BCUT2D eigenvalue weighted by molar-refractivity contribution is 9.10. The summed E-state index contributed by atoms with van der Waals surface area (Å²) in [6.07, 6.45) is 16.6. The van der Waals surface area contributed by atoms with Gasteiger partial charge in [-0.25, -0.2) is 0 Å². The van der Waals surface area contributed by atoms with Crippen molar-refractivity contribution in [3.8, 4) is 97.7 Å². The summed E-state index contributed by atoms with van der Waals surface area (Å²) in [5.74, 6) is 3.09. The summed E-state index contributed by atoms with van der Waals surface area (Å²) >= 11 is 3.16. The van der Waals surface area contributed by atoms with E-state index in [0.717, 1.165) is 61.3 Å². The van der Waals surface area contributed by atoms with E-state index < -0.39 is 14.8 Å². The Labute approximate surface area is 735 Å². The Hall–Kier alpha value is -14.1. The highest BCUT2D eigenvalue weighted by Crippen LogP contribution is 2.39. The predicted octanol–water partition coefficient (Wildman–Crippen LogP) is 25.7. The highest BCUT2D eigenvalue weighted by Gasteiger charge is 2.19. The van der Waals surface area contributed by atoms with E-state index in [1.54, 1.807) is 88.1 Å². The molecule has 9 aromatic rings. The van der Waals surface area contributed by atoms with Crippen LogP contribution >= 0.6 is 15.9 Å². The van der Waals surface area contributed by atoms with Gasteiger partial charge in [0, 0.05) is 74.8 Å². The number of phenolic OH excluding ortho intramolecular Hbond substituents is 11. The van der Waals surface area contributed by atoms with Gasteiger partial charge in [0.25, 0.3) is 11.4 Å². The second-order valence-electron chi connectivity index (χ2n) is 29.2. The first kappa shape index (κ1) is 108. The van der Waals surface area contributed by atoms with Crippen molar-refractivity contribution in [2.75, 3.05) is 42.2 Å². The van der Waals surface area contributed by atoms with Gasteiger partial charge in [-0.15, -0.1) is 0 Å². The van der Waals surface area contributed by atoms with Crippen LogP contribution < -0.4 is 28.4 Å². The maximum Gasteiger partial charge on any atom is 0.312 e. The Morgan fingerprint density at radius 1 is 0.315 bits per heavy atom. The van der Waals surface area contributed by atoms with Gasteiger partial charge in [0.15, 0.2) is 57.5 Å². The van der Waals surface area contributed by atoms with Crippen LogP contribution in [0.3, 0.4) is 0 Å². The summed E-state index contributed by atoms with van der Waals surface area (Å²) in [4.78, 5) is 30.1.